The zero-order valence-corrected chi connectivity index (χ0v) is 11.3. The molecule has 0 amide bonds. The van der Waals surface area contributed by atoms with Crippen LogP contribution in [-0.4, -0.2) is 23.2 Å². The standard InChI is InChI=1S/C13H14F2N2O2S/c14-13(15)19-10-3-1-9(2-4-10)12(18)7-16-5-11-6-17-8-20-11/h1-4,6,8,12-13,16,18H,5,7H2. The van der Waals surface area contributed by atoms with Crippen LogP contribution in [0.1, 0.15) is 16.5 Å². The van der Waals surface area contributed by atoms with Crippen molar-refractivity contribution in [2.24, 2.45) is 0 Å². The Morgan fingerprint density at radius 3 is 2.65 bits per heavy atom. The number of alkyl halides is 2. The highest BCUT2D eigenvalue weighted by atomic mass is 32.1. The van der Waals surface area contributed by atoms with E-state index in [1.165, 1.54) is 23.5 Å². The van der Waals surface area contributed by atoms with Crippen molar-refractivity contribution in [2.75, 3.05) is 6.54 Å². The van der Waals surface area contributed by atoms with Gasteiger partial charge in [-0.05, 0) is 17.7 Å². The molecule has 0 aliphatic rings. The van der Waals surface area contributed by atoms with E-state index in [9.17, 15) is 13.9 Å². The second kappa shape index (κ2) is 7.28. The zero-order valence-electron chi connectivity index (χ0n) is 10.5. The molecule has 0 bridgehead atoms. The van der Waals surface area contributed by atoms with Crippen LogP contribution in [0.2, 0.25) is 0 Å². The van der Waals surface area contributed by atoms with Crippen LogP contribution in [0.5, 0.6) is 5.75 Å². The largest absolute Gasteiger partial charge is 0.435 e. The molecule has 0 aliphatic carbocycles. The lowest BCUT2D eigenvalue weighted by Crippen LogP contribution is -2.20. The number of thiazole rings is 1. The van der Waals surface area contributed by atoms with Crippen molar-refractivity contribution >= 4 is 11.3 Å². The summed E-state index contributed by atoms with van der Waals surface area (Å²) in [4.78, 5) is 5.03. The van der Waals surface area contributed by atoms with E-state index in [-0.39, 0.29) is 5.75 Å². The van der Waals surface area contributed by atoms with Crippen molar-refractivity contribution in [1.82, 2.24) is 10.3 Å². The summed E-state index contributed by atoms with van der Waals surface area (Å²) in [5, 5.41) is 13.1. The minimum atomic E-state index is -2.84. The molecule has 0 saturated carbocycles. The molecule has 7 heteroatoms. The predicted molar refractivity (Wildman–Crippen MR) is 71.9 cm³/mol. The van der Waals surface area contributed by atoms with Gasteiger partial charge in [-0.1, -0.05) is 12.1 Å². The molecule has 1 heterocycles. The van der Waals surface area contributed by atoms with E-state index in [2.05, 4.69) is 15.0 Å². The number of rotatable bonds is 7. The molecule has 0 spiro atoms. The maximum absolute atomic E-state index is 12.0. The molecular weight excluding hydrogens is 286 g/mol. The third-order valence-corrected chi connectivity index (χ3v) is 3.39. The van der Waals surface area contributed by atoms with Crippen LogP contribution in [0.3, 0.4) is 0 Å². The summed E-state index contributed by atoms with van der Waals surface area (Å²) in [6.07, 6.45) is 1.06. The zero-order chi connectivity index (χ0) is 14.4. The van der Waals surface area contributed by atoms with Gasteiger partial charge in [-0.3, -0.25) is 4.98 Å². The van der Waals surface area contributed by atoms with Crippen LogP contribution in [0.15, 0.2) is 36.0 Å². The predicted octanol–water partition coefficient (Wildman–Crippen LogP) is 2.57. The Bertz CT molecular complexity index is 506. The van der Waals surface area contributed by atoms with Crippen LogP contribution in [0.25, 0.3) is 0 Å². The van der Waals surface area contributed by atoms with Gasteiger partial charge in [0.1, 0.15) is 5.75 Å². The van der Waals surface area contributed by atoms with Gasteiger partial charge in [0.25, 0.3) is 0 Å². The Balaban J connectivity index is 1.81. The first-order valence-electron chi connectivity index (χ1n) is 5.96. The molecule has 2 aromatic rings. The van der Waals surface area contributed by atoms with E-state index in [1.54, 1.807) is 23.8 Å². The Labute approximate surface area is 119 Å². The summed E-state index contributed by atoms with van der Waals surface area (Å²) in [5.74, 6) is 0.0774. The topological polar surface area (TPSA) is 54.4 Å². The number of aliphatic hydroxyl groups excluding tert-OH is 1. The van der Waals surface area contributed by atoms with Crippen molar-refractivity contribution < 1.29 is 18.6 Å². The number of ether oxygens (including phenoxy) is 1. The number of benzene rings is 1. The van der Waals surface area contributed by atoms with Crippen LogP contribution in [-0.2, 0) is 6.54 Å². The molecule has 20 heavy (non-hydrogen) atoms. The number of aromatic nitrogens is 1. The minimum absolute atomic E-state index is 0.0774. The Morgan fingerprint density at radius 1 is 1.30 bits per heavy atom. The Morgan fingerprint density at radius 2 is 2.05 bits per heavy atom. The number of hydrogen-bond donors (Lipinski definition) is 2. The molecule has 1 unspecified atom stereocenters. The van der Waals surface area contributed by atoms with Crippen molar-refractivity contribution in [1.29, 1.82) is 0 Å². The van der Waals surface area contributed by atoms with E-state index in [0.29, 0.717) is 18.7 Å². The lowest BCUT2D eigenvalue weighted by atomic mass is 10.1. The van der Waals surface area contributed by atoms with Gasteiger partial charge < -0.3 is 15.2 Å². The summed E-state index contributed by atoms with van der Waals surface area (Å²) in [6.45, 7) is -1.84. The molecule has 0 fully saturated rings. The molecule has 1 aromatic carbocycles. The lowest BCUT2D eigenvalue weighted by Gasteiger charge is -2.12. The first-order chi connectivity index (χ1) is 9.65. The fourth-order valence-electron chi connectivity index (χ4n) is 1.65. The molecule has 4 nitrogen and oxygen atoms in total. The van der Waals surface area contributed by atoms with Gasteiger partial charge in [0.15, 0.2) is 0 Å². The number of nitrogens with zero attached hydrogens (tertiary/aromatic N) is 1. The fraction of sp³-hybridized carbons (Fsp3) is 0.308. The van der Waals surface area contributed by atoms with Crippen molar-refractivity contribution in [3.63, 3.8) is 0 Å². The Hall–Kier alpha value is -1.57. The summed E-state index contributed by atoms with van der Waals surface area (Å²) >= 11 is 1.54. The molecule has 0 aliphatic heterocycles. The van der Waals surface area contributed by atoms with Gasteiger partial charge in [0, 0.05) is 24.2 Å². The highest BCUT2D eigenvalue weighted by Gasteiger charge is 2.09. The van der Waals surface area contributed by atoms with Crippen molar-refractivity contribution in [3.05, 3.63) is 46.4 Å². The second-order valence-electron chi connectivity index (χ2n) is 4.06. The molecule has 2 rings (SSSR count). The van der Waals surface area contributed by atoms with Crippen LogP contribution < -0.4 is 10.1 Å². The maximum Gasteiger partial charge on any atom is 0.387 e. The summed E-state index contributed by atoms with van der Waals surface area (Å²) < 4.78 is 28.2. The summed E-state index contributed by atoms with van der Waals surface area (Å²) in [7, 11) is 0. The summed E-state index contributed by atoms with van der Waals surface area (Å²) in [5.41, 5.74) is 2.39. The van der Waals surface area contributed by atoms with Gasteiger partial charge in [0.2, 0.25) is 0 Å². The van der Waals surface area contributed by atoms with Gasteiger partial charge in [-0.15, -0.1) is 11.3 Å². The SMILES string of the molecule is OC(CNCc1cncs1)c1ccc(OC(F)F)cc1. The minimum Gasteiger partial charge on any atom is -0.435 e. The van der Waals surface area contributed by atoms with Crippen molar-refractivity contribution in [3.8, 4) is 5.75 Å². The number of hydrogen-bond acceptors (Lipinski definition) is 5. The maximum atomic E-state index is 12.0. The van der Waals surface area contributed by atoms with Crippen LogP contribution >= 0.6 is 11.3 Å². The Kier molecular flexibility index (Phi) is 5.40. The lowest BCUT2D eigenvalue weighted by molar-refractivity contribution is -0.0498. The molecule has 0 saturated heterocycles. The van der Waals surface area contributed by atoms with Gasteiger partial charge in [0.05, 0.1) is 11.6 Å². The van der Waals surface area contributed by atoms with Crippen LogP contribution in [0, 0.1) is 0 Å². The third kappa shape index (κ3) is 4.52. The molecule has 108 valence electrons. The average molecular weight is 300 g/mol. The average Bonchev–Trinajstić information content (AvgIpc) is 2.92. The number of aliphatic hydroxyl groups is 1. The fourth-order valence-corrected chi connectivity index (χ4v) is 2.22. The molecule has 1 atom stereocenters. The van der Waals surface area contributed by atoms with E-state index in [4.69, 9.17) is 0 Å². The molecular formula is C13H14F2N2O2S. The summed E-state index contributed by atoms with van der Waals surface area (Å²) in [6, 6.07) is 5.95. The highest BCUT2D eigenvalue weighted by molar-refractivity contribution is 7.09. The van der Waals surface area contributed by atoms with Gasteiger partial charge in [-0.2, -0.15) is 8.78 Å². The first-order valence-corrected chi connectivity index (χ1v) is 6.84. The quantitative estimate of drug-likeness (QED) is 0.825. The third-order valence-electron chi connectivity index (χ3n) is 2.61. The number of halogens is 2. The molecule has 2 N–H and O–H groups in total. The monoisotopic (exact) mass is 300 g/mol. The molecule has 0 radical (unpaired) electrons. The van der Waals surface area contributed by atoms with E-state index in [0.717, 1.165) is 4.88 Å². The first kappa shape index (κ1) is 14.8. The highest BCUT2D eigenvalue weighted by Crippen LogP contribution is 2.19. The number of nitrogens with one attached hydrogen (secondary N) is 1. The van der Waals surface area contributed by atoms with Crippen molar-refractivity contribution in [2.45, 2.75) is 19.3 Å². The molecule has 1 aromatic heterocycles. The second-order valence-corrected chi connectivity index (χ2v) is 5.03. The van der Waals surface area contributed by atoms with Crippen LogP contribution in [0.4, 0.5) is 8.78 Å². The smallest absolute Gasteiger partial charge is 0.387 e. The normalized spacial score (nSPS) is 12.6. The van der Waals surface area contributed by atoms with Gasteiger partial charge >= 0.3 is 6.61 Å². The van der Waals surface area contributed by atoms with E-state index >= 15 is 0 Å². The van der Waals surface area contributed by atoms with Gasteiger partial charge in [-0.25, -0.2) is 0 Å². The van der Waals surface area contributed by atoms with E-state index < -0.39 is 12.7 Å². The van der Waals surface area contributed by atoms with E-state index in [1.807, 2.05) is 0 Å².